The van der Waals surface area contributed by atoms with Crippen LogP contribution in [0.2, 0.25) is 0 Å². The van der Waals surface area contributed by atoms with Crippen LogP contribution in [0, 0.1) is 6.92 Å². The predicted octanol–water partition coefficient (Wildman–Crippen LogP) is 0.148. The number of nitrogen functional groups attached to an aromatic ring is 1. The fourth-order valence-electron chi connectivity index (χ4n) is 1.40. The van der Waals surface area contributed by atoms with Gasteiger partial charge in [-0.15, -0.1) is 0 Å². The summed E-state index contributed by atoms with van der Waals surface area (Å²) < 4.78 is 32.7. The Kier molecular flexibility index (Phi) is 5.54. The van der Waals surface area contributed by atoms with Crippen molar-refractivity contribution in [3.8, 4) is 0 Å². The fraction of sp³-hybridized carbons (Fsp3) is 0.455. The molecule has 0 atom stereocenters. The van der Waals surface area contributed by atoms with E-state index >= 15 is 0 Å². The number of nitrogens with one attached hydrogen (secondary N) is 2. The average molecular weight is 273 g/mol. The third-order valence-electron chi connectivity index (χ3n) is 2.54. The zero-order chi connectivity index (χ0) is 13.6. The molecule has 7 heteroatoms. The number of anilines is 1. The van der Waals surface area contributed by atoms with E-state index in [0.717, 1.165) is 11.1 Å². The second-order valence-electron chi connectivity index (χ2n) is 3.84. The minimum atomic E-state index is -3.50. The van der Waals surface area contributed by atoms with Crippen LogP contribution in [0.3, 0.4) is 0 Å². The standard InChI is InChI=1S/C11H19N3O3S/c1-9-10(4-3-5-11(9)12)8-14-18(15,16)13-6-7-17-2/h3-5,13-14H,6-8,12H2,1-2H3. The third-order valence-corrected chi connectivity index (χ3v) is 3.65. The van der Waals surface area contributed by atoms with E-state index in [2.05, 4.69) is 9.44 Å². The highest BCUT2D eigenvalue weighted by molar-refractivity contribution is 7.87. The largest absolute Gasteiger partial charge is 0.399 e. The van der Waals surface area contributed by atoms with Crippen molar-refractivity contribution in [1.29, 1.82) is 0 Å². The molecular weight excluding hydrogens is 254 g/mol. The Morgan fingerprint density at radius 2 is 2.06 bits per heavy atom. The maximum Gasteiger partial charge on any atom is 0.277 e. The van der Waals surface area contributed by atoms with Gasteiger partial charge in [-0.3, -0.25) is 0 Å². The fourth-order valence-corrected chi connectivity index (χ4v) is 2.20. The van der Waals surface area contributed by atoms with E-state index in [0.29, 0.717) is 12.3 Å². The quantitative estimate of drug-likeness (QED) is 0.487. The van der Waals surface area contributed by atoms with E-state index in [-0.39, 0.29) is 13.1 Å². The SMILES string of the molecule is COCCNS(=O)(=O)NCc1cccc(N)c1C. The summed E-state index contributed by atoms with van der Waals surface area (Å²) in [6.07, 6.45) is 0. The maximum atomic E-state index is 11.6. The Balaban J connectivity index is 2.56. The van der Waals surface area contributed by atoms with Crippen LogP contribution in [-0.2, 0) is 21.5 Å². The number of hydrogen-bond acceptors (Lipinski definition) is 4. The first kappa shape index (κ1) is 14.9. The lowest BCUT2D eigenvalue weighted by molar-refractivity contribution is 0.204. The summed E-state index contributed by atoms with van der Waals surface area (Å²) >= 11 is 0. The van der Waals surface area contributed by atoms with Gasteiger partial charge in [0.25, 0.3) is 10.2 Å². The highest BCUT2D eigenvalue weighted by Gasteiger charge is 2.09. The topological polar surface area (TPSA) is 93.4 Å². The number of methoxy groups -OCH3 is 1. The Labute approximate surface area is 108 Å². The predicted molar refractivity (Wildman–Crippen MR) is 71.2 cm³/mol. The van der Waals surface area contributed by atoms with Crippen molar-refractivity contribution in [2.45, 2.75) is 13.5 Å². The molecule has 0 spiro atoms. The first-order chi connectivity index (χ1) is 8.46. The molecule has 0 heterocycles. The Morgan fingerprint density at radius 3 is 2.72 bits per heavy atom. The van der Waals surface area contributed by atoms with Gasteiger partial charge in [0.2, 0.25) is 0 Å². The summed E-state index contributed by atoms with van der Waals surface area (Å²) in [4.78, 5) is 0. The van der Waals surface area contributed by atoms with E-state index in [4.69, 9.17) is 10.5 Å². The normalized spacial score (nSPS) is 11.7. The molecule has 0 aliphatic carbocycles. The van der Waals surface area contributed by atoms with Gasteiger partial charge in [-0.05, 0) is 24.1 Å². The molecule has 1 rings (SSSR count). The van der Waals surface area contributed by atoms with E-state index in [1.54, 1.807) is 12.1 Å². The monoisotopic (exact) mass is 273 g/mol. The Bertz CT molecular complexity index is 488. The first-order valence-electron chi connectivity index (χ1n) is 5.53. The van der Waals surface area contributed by atoms with Crippen LogP contribution < -0.4 is 15.2 Å². The number of rotatable bonds is 7. The van der Waals surface area contributed by atoms with Gasteiger partial charge in [-0.25, -0.2) is 0 Å². The van der Waals surface area contributed by atoms with Crippen molar-refractivity contribution < 1.29 is 13.2 Å². The lowest BCUT2D eigenvalue weighted by atomic mass is 10.1. The molecule has 0 bridgehead atoms. The molecule has 0 radical (unpaired) electrons. The van der Waals surface area contributed by atoms with Gasteiger partial charge in [0.1, 0.15) is 0 Å². The van der Waals surface area contributed by atoms with Crippen molar-refractivity contribution >= 4 is 15.9 Å². The van der Waals surface area contributed by atoms with Crippen LogP contribution in [0.15, 0.2) is 18.2 Å². The van der Waals surface area contributed by atoms with Crippen LogP contribution >= 0.6 is 0 Å². The van der Waals surface area contributed by atoms with Crippen LogP contribution in [0.1, 0.15) is 11.1 Å². The first-order valence-corrected chi connectivity index (χ1v) is 7.02. The van der Waals surface area contributed by atoms with Gasteiger partial charge in [0, 0.05) is 25.9 Å². The summed E-state index contributed by atoms with van der Waals surface area (Å²) in [5.41, 5.74) is 8.14. The molecule has 1 aromatic carbocycles. The molecule has 0 aliphatic rings. The number of ether oxygens (including phenoxy) is 1. The second-order valence-corrected chi connectivity index (χ2v) is 5.43. The molecular formula is C11H19N3O3S. The van der Waals surface area contributed by atoms with Crippen LogP contribution in [0.5, 0.6) is 0 Å². The van der Waals surface area contributed by atoms with Gasteiger partial charge in [0.15, 0.2) is 0 Å². The molecule has 0 aromatic heterocycles. The van der Waals surface area contributed by atoms with Gasteiger partial charge in [-0.2, -0.15) is 17.9 Å². The lowest BCUT2D eigenvalue weighted by Crippen LogP contribution is -2.37. The maximum absolute atomic E-state index is 11.6. The van der Waals surface area contributed by atoms with Crippen molar-refractivity contribution in [1.82, 2.24) is 9.44 Å². The molecule has 6 nitrogen and oxygen atoms in total. The van der Waals surface area contributed by atoms with E-state index in [9.17, 15) is 8.42 Å². The van der Waals surface area contributed by atoms with Crippen molar-refractivity contribution in [2.24, 2.45) is 0 Å². The molecule has 102 valence electrons. The summed E-state index contributed by atoms with van der Waals surface area (Å²) in [7, 11) is -1.99. The smallest absolute Gasteiger partial charge is 0.277 e. The van der Waals surface area contributed by atoms with Crippen molar-refractivity contribution in [3.63, 3.8) is 0 Å². The summed E-state index contributed by atoms with van der Waals surface area (Å²) in [6, 6.07) is 5.41. The van der Waals surface area contributed by atoms with E-state index in [1.165, 1.54) is 7.11 Å². The van der Waals surface area contributed by atoms with E-state index in [1.807, 2.05) is 13.0 Å². The molecule has 0 saturated carbocycles. The van der Waals surface area contributed by atoms with Gasteiger partial charge < -0.3 is 10.5 Å². The minimum Gasteiger partial charge on any atom is -0.399 e. The average Bonchev–Trinajstić information content (AvgIpc) is 2.31. The van der Waals surface area contributed by atoms with Crippen molar-refractivity contribution in [2.75, 3.05) is 26.0 Å². The zero-order valence-electron chi connectivity index (χ0n) is 10.6. The highest BCUT2D eigenvalue weighted by atomic mass is 32.2. The molecule has 0 unspecified atom stereocenters. The third kappa shape index (κ3) is 4.61. The molecule has 0 amide bonds. The van der Waals surface area contributed by atoms with Crippen LogP contribution in [0.4, 0.5) is 5.69 Å². The lowest BCUT2D eigenvalue weighted by Gasteiger charge is -2.10. The van der Waals surface area contributed by atoms with Gasteiger partial charge >= 0.3 is 0 Å². The number of hydrogen-bond donors (Lipinski definition) is 3. The number of nitrogens with two attached hydrogens (primary N) is 1. The molecule has 0 fully saturated rings. The molecule has 0 aliphatic heterocycles. The van der Waals surface area contributed by atoms with Gasteiger partial charge in [0.05, 0.1) is 6.61 Å². The van der Waals surface area contributed by atoms with Gasteiger partial charge in [-0.1, -0.05) is 12.1 Å². The Hall–Kier alpha value is -1.15. The van der Waals surface area contributed by atoms with Crippen LogP contribution in [0.25, 0.3) is 0 Å². The summed E-state index contributed by atoms with van der Waals surface area (Å²) in [6.45, 7) is 2.64. The molecule has 18 heavy (non-hydrogen) atoms. The zero-order valence-corrected chi connectivity index (χ0v) is 11.4. The highest BCUT2D eigenvalue weighted by Crippen LogP contribution is 2.15. The number of benzene rings is 1. The van der Waals surface area contributed by atoms with E-state index < -0.39 is 10.2 Å². The molecule has 4 N–H and O–H groups in total. The second kappa shape index (κ2) is 6.69. The molecule has 1 aromatic rings. The van der Waals surface area contributed by atoms with Crippen molar-refractivity contribution in [3.05, 3.63) is 29.3 Å². The Morgan fingerprint density at radius 1 is 1.33 bits per heavy atom. The molecule has 0 saturated heterocycles. The minimum absolute atomic E-state index is 0.208. The summed E-state index contributed by atoms with van der Waals surface area (Å²) in [5, 5.41) is 0. The van der Waals surface area contributed by atoms with Crippen LogP contribution in [-0.4, -0.2) is 28.7 Å². The summed E-state index contributed by atoms with van der Waals surface area (Å²) in [5.74, 6) is 0.